The van der Waals surface area contributed by atoms with Crippen LogP contribution in [0.1, 0.15) is 16.1 Å². The molecule has 0 saturated heterocycles. The van der Waals surface area contributed by atoms with E-state index in [1.165, 1.54) is 6.26 Å². The van der Waals surface area contributed by atoms with Crippen LogP contribution in [0, 0.1) is 6.92 Å². The number of aromatic nitrogens is 4. The van der Waals surface area contributed by atoms with Gasteiger partial charge < -0.3 is 8.98 Å². The standard InChI is InChI=1S/C19H15N5O2/c1-13-5-2-9-21-17(13)15-12-26-19(22-15)23-18(25)16-7-4-10-24(16)14-6-3-8-20-11-14/h2-12H,1H3,(H,22,23,25). The fourth-order valence-corrected chi connectivity index (χ4v) is 2.64. The van der Waals surface area contributed by atoms with Gasteiger partial charge in [0.1, 0.15) is 17.7 Å². The summed E-state index contributed by atoms with van der Waals surface area (Å²) in [4.78, 5) is 25.3. The third kappa shape index (κ3) is 2.98. The second-order valence-corrected chi connectivity index (χ2v) is 5.64. The Morgan fingerprint density at radius 1 is 1.15 bits per heavy atom. The first-order valence-electron chi connectivity index (χ1n) is 7.99. The molecule has 0 bridgehead atoms. The van der Waals surface area contributed by atoms with E-state index in [2.05, 4.69) is 20.3 Å². The van der Waals surface area contributed by atoms with Crippen LogP contribution in [0.3, 0.4) is 0 Å². The monoisotopic (exact) mass is 345 g/mol. The van der Waals surface area contributed by atoms with Crippen molar-refractivity contribution in [2.45, 2.75) is 6.92 Å². The largest absolute Gasteiger partial charge is 0.431 e. The van der Waals surface area contributed by atoms with Gasteiger partial charge in [-0.2, -0.15) is 4.98 Å². The molecular weight excluding hydrogens is 330 g/mol. The molecule has 4 aromatic heterocycles. The van der Waals surface area contributed by atoms with E-state index in [1.54, 1.807) is 41.5 Å². The summed E-state index contributed by atoms with van der Waals surface area (Å²) in [6.07, 6.45) is 8.33. The van der Waals surface area contributed by atoms with Crippen LogP contribution in [-0.2, 0) is 0 Å². The van der Waals surface area contributed by atoms with Crippen LogP contribution in [0.4, 0.5) is 6.01 Å². The summed E-state index contributed by atoms with van der Waals surface area (Å²) >= 11 is 0. The van der Waals surface area contributed by atoms with Crippen LogP contribution in [-0.4, -0.2) is 25.4 Å². The van der Waals surface area contributed by atoms with Crippen LogP contribution >= 0.6 is 0 Å². The van der Waals surface area contributed by atoms with Gasteiger partial charge in [0.25, 0.3) is 5.91 Å². The Morgan fingerprint density at radius 2 is 2.04 bits per heavy atom. The zero-order valence-electron chi connectivity index (χ0n) is 14.0. The Morgan fingerprint density at radius 3 is 2.85 bits per heavy atom. The Labute approximate surface area is 149 Å². The van der Waals surface area contributed by atoms with E-state index in [0.717, 1.165) is 16.9 Å². The molecule has 1 amide bonds. The van der Waals surface area contributed by atoms with E-state index >= 15 is 0 Å². The molecule has 4 rings (SSSR count). The molecule has 4 heterocycles. The van der Waals surface area contributed by atoms with Crippen LogP contribution in [0.5, 0.6) is 0 Å². The predicted molar refractivity (Wildman–Crippen MR) is 96.0 cm³/mol. The zero-order valence-corrected chi connectivity index (χ0v) is 14.0. The van der Waals surface area contributed by atoms with Crippen LogP contribution in [0.2, 0.25) is 0 Å². The Kier molecular flexibility index (Phi) is 4.03. The van der Waals surface area contributed by atoms with Crippen molar-refractivity contribution in [1.82, 2.24) is 19.5 Å². The van der Waals surface area contributed by atoms with Gasteiger partial charge in [-0.15, -0.1) is 0 Å². The first-order valence-corrected chi connectivity index (χ1v) is 7.99. The molecule has 0 saturated carbocycles. The lowest BCUT2D eigenvalue weighted by molar-refractivity contribution is 0.101. The first kappa shape index (κ1) is 15.8. The van der Waals surface area contributed by atoms with E-state index < -0.39 is 0 Å². The summed E-state index contributed by atoms with van der Waals surface area (Å²) in [5, 5.41) is 2.68. The molecule has 0 aliphatic carbocycles. The highest BCUT2D eigenvalue weighted by atomic mass is 16.4. The molecule has 0 radical (unpaired) electrons. The van der Waals surface area contributed by atoms with Gasteiger partial charge in [-0.05, 0) is 42.8 Å². The molecular formula is C19H15N5O2. The van der Waals surface area contributed by atoms with Crippen molar-refractivity contribution in [3.63, 3.8) is 0 Å². The summed E-state index contributed by atoms with van der Waals surface area (Å²) in [6.45, 7) is 1.94. The Bertz CT molecular complexity index is 1050. The second kappa shape index (κ2) is 6.64. The normalized spacial score (nSPS) is 10.7. The molecule has 0 unspecified atom stereocenters. The van der Waals surface area contributed by atoms with E-state index in [9.17, 15) is 4.79 Å². The minimum Gasteiger partial charge on any atom is -0.431 e. The number of oxazole rings is 1. The smallest absolute Gasteiger partial charge is 0.302 e. The van der Waals surface area contributed by atoms with E-state index in [1.807, 2.05) is 31.2 Å². The number of nitrogens with one attached hydrogen (secondary N) is 1. The molecule has 1 N–H and O–H groups in total. The lowest BCUT2D eigenvalue weighted by atomic mass is 10.2. The molecule has 4 aromatic rings. The third-order valence-electron chi connectivity index (χ3n) is 3.88. The van der Waals surface area contributed by atoms with Crippen molar-refractivity contribution >= 4 is 11.9 Å². The lowest BCUT2D eigenvalue weighted by Crippen LogP contribution is -2.16. The highest BCUT2D eigenvalue weighted by Crippen LogP contribution is 2.22. The van der Waals surface area contributed by atoms with Crippen LogP contribution in [0.15, 0.2) is 71.9 Å². The average molecular weight is 345 g/mol. The van der Waals surface area contributed by atoms with E-state index in [4.69, 9.17) is 4.42 Å². The predicted octanol–water partition coefficient (Wildman–Crippen LogP) is 3.48. The topological polar surface area (TPSA) is 85.8 Å². The number of aryl methyl sites for hydroxylation is 1. The number of hydrogen-bond donors (Lipinski definition) is 1. The summed E-state index contributed by atoms with van der Waals surface area (Å²) in [7, 11) is 0. The number of pyridine rings is 2. The van der Waals surface area contributed by atoms with Gasteiger partial charge in [-0.3, -0.25) is 20.1 Å². The van der Waals surface area contributed by atoms with Gasteiger partial charge >= 0.3 is 6.01 Å². The lowest BCUT2D eigenvalue weighted by Gasteiger charge is -2.07. The maximum absolute atomic E-state index is 12.6. The minimum atomic E-state index is -0.329. The van der Waals surface area contributed by atoms with Gasteiger partial charge in [0.2, 0.25) is 0 Å². The molecule has 26 heavy (non-hydrogen) atoms. The number of rotatable bonds is 4. The number of nitrogens with zero attached hydrogens (tertiary/aromatic N) is 4. The molecule has 128 valence electrons. The van der Waals surface area contributed by atoms with Gasteiger partial charge in [0.05, 0.1) is 17.6 Å². The van der Waals surface area contributed by atoms with Crippen molar-refractivity contribution in [1.29, 1.82) is 0 Å². The molecule has 7 nitrogen and oxygen atoms in total. The van der Waals surface area contributed by atoms with Crippen LogP contribution in [0.25, 0.3) is 17.1 Å². The van der Waals surface area contributed by atoms with E-state index in [-0.39, 0.29) is 11.9 Å². The quantitative estimate of drug-likeness (QED) is 0.612. The van der Waals surface area contributed by atoms with Crippen molar-refractivity contribution in [2.75, 3.05) is 5.32 Å². The maximum Gasteiger partial charge on any atom is 0.302 e. The first-order chi connectivity index (χ1) is 12.7. The molecule has 0 atom stereocenters. The average Bonchev–Trinajstić information content (AvgIpc) is 3.32. The number of amides is 1. The zero-order chi connectivity index (χ0) is 17.9. The molecule has 0 aliphatic heterocycles. The number of hydrogen-bond acceptors (Lipinski definition) is 5. The second-order valence-electron chi connectivity index (χ2n) is 5.64. The molecule has 0 fully saturated rings. The molecule has 0 spiro atoms. The summed E-state index contributed by atoms with van der Waals surface area (Å²) < 4.78 is 7.13. The fourth-order valence-electron chi connectivity index (χ4n) is 2.64. The summed E-state index contributed by atoms with van der Waals surface area (Å²) in [5.74, 6) is -0.329. The van der Waals surface area contributed by atoms with Crippen molar-refractivity contribution in [3.8, 4) is 17.1 Å². The number of carbonyl (C=O) groups is 1. The van der Waals surface area contributed by atoms with Gasteiger partial charge in [-0.25, -0.2) is 0 Å². The minimum absolute atomic E-state index is 0.119. The third-order valence-corrected chi connectivity index (χ3v) is 3.88. The van der Waals surface area contributed by atoms with Crippen molar-refractivity contribution in [2.24, 2.45) is 0 Å². The van der Waals surface area contributed by atoms with Gasteiger partial charge in [0.15, 0.2) is 0 Å². The fraction of sp³-hybridized carbons (Fsp3) is 0.0526. The van der Waals surface area contributed by atoms with E-state index in [0.29, 0.717) is 11.4 Å². The van der Waals surface area contributed by atoms with Crippen molar-refractivity contribution < 1.29 is 9.21 Å². The summed E-state index contributed by atoms with van der Waals surface area (Å²) in [5.41, 5.74) is 3.51. The Hall–Kier alpha value is -3.74. The van der Waals surface area contributed by atoms with Crippen LogP contribution < -0.4 is 5.32 Å². The number of anilines is 1. The summed E-state index contributed by atoms with van der Waals surface area (Å²) in [6, 6.07) is 11.1. The SMILES string of the molecule is Cc1cccnc1-c1coc(NC(=O)c2cccn2-c2cccnc2)n1. The van der Waals surface area contributed by atoms with Gasteiger partial charge in [0, 0.05) is 18.6 Å². The van der Waals surface area contributed by atoms with Gasteiger partial charge in [-0.1, -0.05) is 6.07 Å². The highest BCUT2D eigenvalue weighted by molar-refractivity contribution is 6.02. The Balaban J connectivity index is 1.57. The maximum atomic E-state index is 12.6. The molecule has 0 aromatic carbocycles. The highest BCUT2D eigenvalue weighted by Gasteiger charge is 2.16. The van der Waals surface area contributed by atoms with Crippen molar-refractivity contribution in [3.05, 3.63) is 78.7 Å². The number of carbonyl (C=O) groups excluding carboxylic acids is 1. The molecule has 7 heteroatoms. The molecule has 0 aliphatic rings.